The molecule has 1 fully saturated rings. The van der Waals surface area contributed by atoms with Gasteiger partial charge in [0.2, 0.25) is 0 Å². The number of rotatable bonds is 4. The molecule has 1 heterocycles. The molecule has 5 nitrogen and oxygen atoms in total. The van der Waals surface area contributed by atoms with E-state index < -0.39 is 5.60 Å². The Morgan fingerprint density at radius 1 is 1.35 bits per heavy atom. The normalized spacial score (nSPS) is 18.2. The van der Waals surface area contributed by atoms with Gasteiger partial charge in [-0.2, -0.15) is 0 Å². The van der Waals surface area contributed by atoms with Crippen molar-refractivity contribution in [2.45, 2.75) is 44.2 Å². The minimum absolute atomic E-state index is 0. The van der Waals surface area contributed by atoms with Gasteiger partial charge in [0.1, 0.15) is 0 Å². The fourth-order valence-electron chi connectivity index (χ4n) is 2.43. The van der Waals surface area contributed by atoms with E-state index in [1.165, 1.54) is 6.42 Å². The average molecular weight is 393 g/mol. The average Bonchev–Trinajstić information content (AvgIpc) is 2.93. The van der Waals surface area contributed by atoms with Crippen molar-refractivity contribution in [3.8, 4) is 0 Å². The molecule has 20 heavy (non-hydrogen) atoms. The zero-order chi connectivity index (χ0) is 13.6. The highest BCUT2D eigenvalue weighted by Gasteiger charge is 2.29. The Hall–Kier alpha value is -0.760. The third kappa shape index (κ3) is 5.32. The molecule has 0 saturated heterocycles. The number of aliphatic hydroxyl groups is 1. The van der Waals surface area contributed by atoms with Gasteiger partial charge in [0.15, 0.2) is 5.96 Å². The second kappa shape index (κ2) is 8.51. The Morgan fingerprint density at radius 3 is 2.70 bits per heavy atom. The van der Waals surface area contributed by atoms with E-state index in [0.29, 0.717) is 19.0 Å². The standard InChI is InChI=1S/C14H23N3O2.HI/c1-15-13(16-9-12-5-8-19-10-12)17-11-14(18)6-3-2-4-7-14;/h5,8,10,18H,2-4,6-7,9,11H2,1H3,(H2,15,16,17);1H. The molecule has 114 valence electrons. The molecule has 0 spiro atoms. The summed E-state index contributed by atoms with van der Waals surface area (Å²) < 4.78 is 5.01. The van der Waals surface area contributed by atoms with Crippen molar-refractivity contribution in [1.29, 1.82) is 0 Å². The van der Waals surface area contributed by atoms with Crippen molar-refractivity contribution in [2.24, 2.45) is 4.99 Å². The molecular weight excluding hydrogens is 369 g/mol. The van der Waals surface area contributed by atoms with E-state index in [9.17, 15) is 5.11 Å². The minimum atomic E-state index is -0.578. The van der Waals surface area contributed by atoms with E-state index in [-0.39, 0.29) is 24.0 Å². The number of halogens is 1. The smallest absolute Gasteiger partial charge is 0.191 e. The molecular formula is C14H24IN3O2. The first-order valence-corrected chi connectivity index (χ1v) is 6.90. The van der Waals surface area contributed by atoms with Crippen molar-refractivity contribution in [1.82, 2.24) is 10.6 Å². The van der Waals surface area contributed by atoms with E-state index in [1.807, 2.05) is 6.07 Å². The predicted octanol–water partition coefficient (Wildman–Crippen LogP) is 2.26. The van der Waals surface area contributed by atoms with Crippen molar-refractivity contribution in [3.63, 3.8) is 0 Å². The van der Waals surface area contributed by atoms with Crippen LogP contribution in [0.5, 0.6) is 0 Å². The maximum absolute atomic E-state index is 10.4. The van der Waals surface area contributed by atoms with E-state index in [4.69, 9.17) is 4.42 Å². The fourth-order valence-corrected chi connectivity index (χ4v) is 2.43. The van der Waals surface area contributed by atoms with Gasteiger partial charge in [0.25, 0.3) is 0 Å². The first-order valence-electron chi connectivity index (χ1n) is 6.90. The van der Waals surface area contributed by atoms with Gasteiger partial charge < -0.3 is 20.2 Å². The summed E-state index contributed by atoms with van der Waals surface area (Å²) in [5.74, 6) is 0.709. The second-order valence-electron chi connectivity index (χ2n) is 5.20. The van der Waals surface area contributed by atoms with Gasteiger partial charge >= 0.3 is 0 Å². The maximum Gasteiger partial charge on any atom is 0.191 e. The largest absolute Gasteiger partial charge is 0.472 e. The molecule has 1 aromatic rings. The second-order valence-corrected chi connectivity index (χ2v) is 5.20. The van der Waals surface area contributed by atoms with Crippen molar-refractivity contribution >= 4 is 29.9 Å². The number of furan rings is 1. The molecule has 0 aromatic carbocycles. The molecule has 0 unspecified atom stereocenters. The summed E-state index contributed by atoms with van der Waals surface area (Å²) in [5, 5.41) is 16.8. The van der Waals surface area contributed by atoms with Crippen LogP contribution < -0.4 is 10.6 Å². The lowest BCUT2D eigenvalue weighted by Gasteiger charge is -2.32. The Balaban J connectivity index is 0.00000200. The lowest BCUT2D eigenvalue weighted by Crippen LogP contribution is -2.47. The van der Waals surface area contributed by atoms with Crippen molar-refractivity contribution < 1.29 is 9.52 Å². The van der Waals surface area contributed by atoms with E-state index in [0.717, 1.165) is 31.2 Å². The van der Waals surface area contributed by atoms with Crippen LogP contribution >= 0.6 is 24.0 Å². The molecule has 0 bridgehead atoms. The quantitative estimate of drug-likeness (QED) is 0.417. The highest BCUT2D eigenvalue weighted by molar-refractivity contribution is 14.0. The zero-order valence-corrected chi connectivity index (χ0v) is 14.2. The molecule has 0 radical (unpaired) electrons. The molecule has 0 atom stereocenters. The van der Waals surface area contributed by atoms with Crippen LogP contribution in [0.3, 0.4) is 0 Å². The van der Waals surface area contributed by atoms with Gasteiger partial charge in [0.05, 0.1) is 18.1 Å². The van der Waals surface area contributed by atoms with Crippen LogP contribution in [0.15, 0.2) is 28.0 Å². The number of nitrogens with zero attached hydrogens (tertiary/aromatic N) is 1. The molecule has 1 aliphatic rings. The van der Waals surface area contributed by atoms with Crippen LogP contribution in [0.4, 0.5) is 0 Å². The van der Waals surface area contributed by atoms with Crippen LogP contribution in [0.2, 0.25) is 0 Å². The molecule has 1 aliphatic carbocycles. The van der Waals surface area contributed by atoms with Gasteiger partial charge in [-0.05, 0) is 18.9 Å². The maximum atomic E-state index is 10.4. The number of nitrogens with one attached hydrogen (secondary N) is 2. The third-order valence-corrected chi connectivity index (χ3v) is 3.63. The number of guanidine groups is 1. The molecule has 0 aliphatic heterocycles. The fraction of sp³-hybridized carbons (Fsp3) is 0.643. The lowest BCUT2D eigenvalue weighted by atomic mass is 9.85. The zero-order valence-electron chi connectivity index (χ0n) is 11.9. The molecule has 1 saturated carbocycles. The van der Waals surface area contributed by atoms with Gasteiger partial charge in [-0.15, -0.1) is 24.0 Å². The summed E-state index contributed by atoms with van der Waals surface area (Å²) in [6, 6.07) is 1.91. The predicted molar refractivity (Wildman–Crippen MR) is 90.4 cm³/mol. The molecule has 0 amide bonds. The molecule has 3 N–H and O–H groups in total. The summed E-state index contributed by atoms with van der Waals surface area (Å²) in [6.07, 6.45) is 8.55. The van der Waals surface area contributed by atoms with Crippen LogP contribution in [0.25, 0.3) is 0 Å². The number of hydrogen-bond acceptors (Lipinski definition) is 3. The highest BCUT2D eigenvalue weighted by Crippen LogP contribution is 2.27. The first kappa shape index (κ1) is 17.3. The van der Waals surface area contributed by atoms with Crippen LogP contribution in [0.1, 0.15) is 37.7 Å². The van der Waals surface area contributed by atoms with Gasteiger partial charge in [-0.25, -0.2) is 0 Å². The van der Waals surface area contributed by atoms with Gasteiger partial charge in [0, 0.05) is 25.7 Å². The molecule has 2 rings (SSSR count). The first-order chi connectivity index (χ1) is 9.22. The van der Waals surface area contributed by atoms with Crippen molar-refractivity contribution in [2.75, 3.05) is 13.6 Å². The Labute approximate surface area is 137 Å². The van der Waals surface area contributed by atoms with Crippen LogP contribution in [-0.2, 0) is 6.54 Å². The monoisotopic (exact) mass is 393 g/mol. The highest BCUT2D eigenvalue weighted by atomic mass is 127. The summed E-state index contributed by atoms with van der Waals surface area (Å²) in [6.45, 7) is 1.21. The van der Waals surface area contributed by atoms with E-state index in [1.54, 1.807) is 19.6 Å². The van der Waals surface area contributed by atoms with Crippen LogP contribution in [0, 0.1) is 0 Å². The third-order valence-electron chi connectivity index (χ3n) is 3.63. The van der Waals surface area contributed by atoms with Gasteiger partial charge in [-0.1, -0.05) is 19.3 Å². The van der Waals surface area contributed by atoms with E-state index >= 15 is 0 Å². The van der Waals surface area contributed by atoms with Gasteiger partial charge in [-0.3, -0.25) is 4.99 Å². The number of aliphatic imine (C=N–C) groups is 1. The summed E-state index contributed by atoms with van der Waals surface area (Å²) in [7, 11) is 1.73. The molecule has 1 aromatic heterocycles. The summed E-state index contributed by atoms with van der Waals surface area (Å²) >= 11 is 0. The van der Waals surface area contributed by atoms with Crippen LogP contribution in [-0.4, -0.2) is 30.3 Å². The summed E-state index contributed by atoms with van der Waals surface area (Å²) in [4.78, 5) is 4.16. The Bertz CT molecular complexity index is 401. The topological polar surface area (TPSA) is 69.8 Å². The summed E-state index contributed by atoms with van der Waals surface area (Å²) in [5.41, 5.74) is 0.491. The Morgan fingerprint density at radius 2 is 2.10 bits per heavy atom. The number of hydrogen-bond donors (Lipinski definition) is 3. The minimum Gasteiger partial charge on any atom is -0.472 e. The van der Waals surface area contributed by atoms with Crippen molar-refractivity contribution in [3.05, 3.63) is 24.2 Å². The van der Waals surface area contributed by atoms with E-state index in [2.05, 4.69) is 15.6 Å². The Kier molecular flexibility index (Phi) is 7.36. The molecule has 6 heteroatoms. The lowest BCUT2D eigenvalue weighted by molar-refractivity contribution is 0.00859. The SMILES string of the molecule is CN=C(NCc1ccoc1)NCC1(O)CCCCC1.I.